The molecule has 1 aromatic heterocycles. The van der Waals surface area contributed by atoms with Crippen LogP contribution in [0.25, 0.3) is 0 Å². The van der Waals surface area contributed by atoms with E-state index in [1.165, 1.54) is 12.3 Å². The summed E-state index contributed by atoms with van der Waals surface area (Å²) < 4.78 is 0. The molecule has 0 unspecified atom stereocenters. The fourth-order valence-corrected chi connectivity index (χ4v) is 1.84. The minimum Gasteiger partial charge on any atom is -0.352 e. The number of aromatic nitrogens is 1. The second-order valence-corrected chi connectivity index (χ2v) is 4.69. The van der Waals surface area contributed by atoms with Crippen LogP contribution in [0.3, 0.4) is 0 Å². The Kier molecular flexibility index (Phi) is 6.10. The van der Waals surface area contributed by atoms with Gasteiger partial charge in [0.05, 0.1) is 10.6 Å². The molecule has 0 spiro atoms. The number of halogens is 1. The number of anilines is 1. The third kappa shape index (κ3) is 4.41. The molecule has 7 heteroatoms. The van der Waals surface area contributed by atoms with E-state index >= 15 is 0 Å². The number of pyridine rings is 1. The van der Waals surface area contributed by atoms with E-state index in [9.17, 15) is 4.79 Å². The molecule has 1 amide bonds. The van der Waals surface area contributed by atoms with Gasteiger partial charge in [-0.25, -0.2) is 10.8 Å². The molecule has 4 N–H and O–H groups in total. The highest BCUT2D eigenvalue weighted by Crippen LogP contribution is 2.18. The van der Waals surface area contributed by atoms with Gasteiger partial charge in [-0.3, -0.25) is 4.79 Å². The Bertz CT molecular complexity index is 389. The molecule has 0 aliphatic heterocycles. The highest BCUT2D eigenvalue weighted by atomic mass is 35.5. The molecule has 94 valence electrons. The highest BCUT2D eigenvalue weighted by Gasteiger charge is 2.08. The second kappa shape index (κ2) is 7.37. The van der Waals surface area contributed by atoms with E-state index in [0.29, 0.717) is 22.9 Å². The Morgan fingerprint density at radius 2 is 2.41 bits per heavy atom. The van der Waals surface area contributed by atoms with Crippen molar-refractivity contribution >= 4 is 35.1 Å². The zero-order valence-corrected chi connectivity index (χ0v) is 11.1. The molecule has 0 bridgehead atoms. The lowest BCUT2D eigenvalue weighted by atomic mass is 10.2. The zero-order chi connectivity index (χ0) is 12.7. The van der Waals surface area contributed by atoms with Crippen molar-refractivity contribution in [3.63, 3.8) is 0 Å². The number of hydrogen-bond donors (Lipinski definition) is 3. The lowest BCUT2D eigenvalue weighted by Crippen LogP contribution is -2.25. The van der Waals surface area contributed by atoms with Crippen molar-refractivity contribution in [2.24, 2.45) is 5.84 Å². The number of nitrogens with zero attached hydrogens (tertiary/aromatic N) is 1. The number of carbonyl (C=O) groups is 1. The molecule has 5 nitrogen and oxygen atoms in total. The van der Waals surface area contributed by atoms with Crippen LogP contribution in [0.2, 0.25) is 5.02 Å². The first-order valence-electron chi connectivity index (χ1n) is 5.08. The lowest BCUT2D eigenvalue weighted by molar-refractivity contribution is 0.0953. The van der Waals surface area contributed by atoms with Gasteiger partial charge in [-0.05, 0) is 24.5 Å². The molecular formula is C10H15ClN4OS. The summed E-state index contributed by atoms with van der Waals surface area (Å²) in [6.45, 7) is 0.647. The molecule has 1 heterocycles. The van der Waals surface area contributed by atoms with E-state index in [0.717, 1.165) is 12.2 Å². The lowest BCUT2D eigenvalue weighted by Gasteiger charge is -2.06. The van der Waals surface area contributed by atoms with Gasteiger partial charge in [-0.1, -0.05) is 11.6 Å². The maximum atomic E-state index is 11.7. The number of nitrogens with two attached hydrogens (primary N) is 1. The maximum absolute atomic E-state index is 11.7. The van der Waals surface area contributed by atoms with Crippen LogP contribution in [0.4, 0.5) is 5.82 Å². The van der Waals surface area contributed by atoms with Crippen LogP contribution in [0.15, 0.2) is 12.3 Å². The Balaban J connectivity index is 2.54. The van der Waals surface area contributed by atoms with Crippen LogP contribution >= 0.6 is 23.4 Å². The Morgan fingerprint density at radius 3 is 3.00 bits per heavy atom. The van der Waals surface area contributed by atoms with Crippen molar-refractivity contribution in [1.82, 2.24) is 10.3 Å². The van der Waals surface area contributed by atoms with Gasteiger partial charge in [0.1, 0.15) is 0 Å². The summed E-state index contributed by atoms with van der Waals surface area (Å²) in [4.78, 5) is 15.6. The summed E-state index contributed by atoms with van der Waals surface area (Å²) in [5.74, 6) is 6.39. The molecule has 0 saturated carbocycles. The summed E-state index contributed by atoms with van der Waals surface area (Å²) in [5.41, 5.74) is 2.77. The number of hydrazine groups is 1. The molecule has 0 aliphatic rings. The third-order valence-corrected chi connectivity index (χ3v) is 3.04. The van der Waals surface area contributed by atoms with Gasteiger partial charge in [0.25, 0.3) is 5.91 Å². The van der Waals surface area contributed by atoms with Crippen molar-refractivity contribution in [3.8, 4) is 0 Å². The first kappa shape index (κ1) is 14.1. The molecule has 17 heavy (non-hydrogen) atoms. The van der Waals surface area contributed by atoms with Gasteiger partial charge < -0.3 is 10.7 Å². The fraction of sp³-hybridized carbons (Fsp3) is 0.400. The molecule has 0 saturated heterocycles. The minimum atomic E-state index is -0.177. The summed E-state index contributed by atoms with van der Waals surface area (Å²) in [7, 11) is 0. The second-order valence-electron chi connectivity index (χ2n) is 3.30. The summed E-state index contributed by atoms with van der Waals surface area (Å²) in [5, 5.41) is 3.12. The van der Waals surface area contributed by atoms with E-state index in [-0.39, 0.29) is 5.91 Å². The highest BCUT2D eigenvalue weighted by molar-refractivity contribution is 7.98. The van der Waals surface area contributed by atoms with Crippen molar-refractivity contribution in [2.75, 3.05) is 24.0 Å². The average molecular weight is 275 g/mol. The molecular weight excluding hydrogens is 260 g/mol. The van der Waals surface area contributed by atoms with Crippen LogP contribution in [-0.2, 0) is 0 Å². The first-order valence-corrected chi connectivity index (χ1v) is 6.85. The number of amides is 1. The predicted octanol–water partition coefficient (Wildman–Crippen LogP) is 1.50. The molecule has 0 radical (unpaired) electrons. The summed E-state index contributed by atoms with van der Waals surface area (Å²) in [6, 6.07) is 1.54. The summed E-state index contributed by atoms with van der Waals surface area (Å²) >= 11 is 7.62. The SMILES string of the molecule is CSCCCNC(=O)c1cnc(NN)c(Cl)c1. The number of rotatable bonds is 6. The van der Waals surface area contributed by atoms with Gasteiger partial charge >= 0.3 is 0 Å². The monoisotopic (exact) mass is 274 g/mol. The predicted molar refractivity (Wildman–Crippen MR) is 72.4 cm³/mol. The van der Waals surface area contributed by atoms with Gasteiger partial charge in [-0.2, -0.15) is 11.8 Å². The van der Waals surface area contributed by atoms with E-state index in [4.69, 9.17) is 17.4 Å². The Labute approximate surface area is 109 Å². The number of nitrogens with one attached hydrogen (secondary N) is 2. The van der Waals surface area contributed by atoms with Crippen LogP contribution < -0.4 is 16.6 Å². The zero-order valence-electron chi connectivity index (χ0n) is 9.50. The fourth-order valence-electron chi connectivity index (χ4n) is 1.19. The van der Waals surface area contributed by atoms with Crippen molar-refractivity contribution in [1.29, 1.82) is 0 Å². The third-order valence-electron chi connectivity index (χ3n) is 2.05. The molecule has 0 aromatic carbocycles. The number of hydrogen-bond acceptors (Lipinski definition) is 5. The van der Waals surface area contributed by atoms with Gasteiger partial charge in [0, 0.05) is 12.7 Å². The van der Waals surface area contributed by atoms with E-state index < -0.39 is 0 Å². The molecule has 0 atom stereocenters. The topological polar surface area (TPSA) is 80.0 Å². The number of thioether (sulfide) groups is 1. The van der Waals surface area contributed by atoms with E-state index in [1.807, 2.05) is 6.26 Å². The van der Waals surface area contributed by atoms with Crippen molar-refractivity contribution in [3.05, 3.63) is 22.8 Å². The Morgan fingerprint density at radius 1 is 1.65 bits per heavy atom. The largest absolute Gasteiger partial charge is 0.352 e. The molecule has 0 fully saturated rings. The van der Waals surface area contributed by atoms with Crippen LogP contribution in [0, 0.1) is 0 Å². The van der Waals surface area contributed by atoms with E-state index in [2.05, 4.69) is 15.7 Å². The molecule has 0 aliphatic carbocycles. The van der Waals surface area contributed by atoms with Crippen molar-refractivity contribution in [2.45, 2.75) is 6.42 Å². The standard InChI is InChI=1S/C10H15ClN4OS/c1-17-4-2-3-13-10(16)7-5-8(11)9(15-12)14-6-7/h5-6H,2-4,12H2,1H3,(H,13,16)(H,14,15). The van der Waals surface area contributed by atoms with E-state index in [1.54, 1.807) is 11.8 Å². The molecule has 1 rings (SSSR count). The average Bonchev–Trinajstić information content (AvgIpc) is 2.34. The Hall–Kier alpha value is -0.980. The van der Waals surface area contributed by atoms with Crippen LogP contribution in [0.1, 0.15) is 16.8 Å². The first-order chi connectivity index (χ1) is 8.19. The maximum Gasteiger partial charge on any atom is 0.252 e. The van der Waals surface area contributed by atoms with Crippen LogP contribution in [0.5, 0.6) is 0 Å². The van der Waals surface area contributed by atoms with Crippen LogP contribution in [-0.4, -0.2) is 29.4 Å². The normalized spacial score (nSPS) is 10.1. The quantitative estimate of drug-likeness (QED) is 0.416. The number of nitrogen functional groups attached to an aromatic ring is 1. The van der Waals surface area contributed by atoms with Gasteiger partial charge in [0.2, 0.25) is 0 Å². The molecule has 1 aromatic rings. The van der Waals surface area contributed by atoms with Gasteiger partial charge in [-0.15, -0.1) is 0 Å². The smallest absolute Gasteiger partial charge is 0.252 e. The number of carbonyl (C=O) groups excluding carboxylic acids is 1. The summed E-state index contributed by atoms with van der Waals surface area (Å²) in [6.07, 6.45) is 4.41. The van der Waals surface area contributed by atoms with Gasteiger partial charge in [0.15, 0.2) is 5.82 Å². The minimum absolute atomic E-state index is 0.177. The van der Waals surface area contributed by atoms with Crippen molar-refractivity contribution < 1.29 is 4.79 Å².